The SMILES string of the molecule is CC(CNC(=O)OC(C)(C)C)NCC1CCC(C)O1. The second-order valence-electron chi connectivity index (χ2n) is 6.34. The zero-order valence-electron chi connectivity index (χ0n) is 12.8. The van der Waals surface area contributed by atoms with Gasteiger partial charge in [0.15, 0.2) is 0 Å². The molecule has 5 heteroatoms. The van der Waals surface area contributed by atoms with Gasteiger partial charge in [-0.2, -0.15) is 0 Å². The van der Waals surface area contributed by atoms with E-state index in [9.17, 15) is 4.79 Å². The molecule has 3 atom stereocenters. The van der Waals surface area contributed by atoms with E-state index in [0.717, 1.165) is 19.4 Å². The molecule has 1 heterocycles. The fraction of sp³-hybridized carbons (Fsp3) is 0.929. The Morgan fingerprint density at radius 3 is 2.63 bits per heavy atom. The lowest BCUT2D eigenvalue weighted by Crippen LogP contribution is -2.43. The van der Waals surface area contributed by atoms with Crippen LogP contribution in [-0.4, -0.2) is 43.0 Å². The summed E-state index contributed by atoms with van der Waals surface area (Å²) in [4.78, 5) is 11.5. The van der Waals surface area contributed by atoms with Crippen molar-refractivity contribution in [1.29, 1.82) is 0 Å². The molecular weight excluding hydrogens is 244 g/mol. The number of ether oxygens (including phenoxy) is 2. The zero-order valence-corrected chi connectivity index (χ0v) is 12.8. The Labute approximate surface area is 116 Å². The second-order valence-corrected chi connectivity index (χ2v) is 6.34. The van der Waals surface area contributed by atoms with Crippen molar-refractivity contribution in [2.24, 2.45) is 0 Å². The maximum atomic E-state index is 11.5. The molecule has 0 bridgehead atoms. The molecule has 1 amide bonds. The van der Waals surface area contributed by atoms with Gasteiger partial charge in [-0.3, -0.25) is 0 Å². The van der Waals surface area contributed by atoms with Gasteiger partial charge in [-0.05, 0) is 47.5 Å². The molecule has 0 aliphatic carbocycles. The van der Waals surface area contributed by atoms with Crippen LogP contribution in [0.4, 0.5) is 4.79 Å². The van der Waals surface area contributed by atoms with Gasteiger partial charge in [-0.15, -0.1) is 0 Å². The normalized spacial score (nSPS) is 25.1. The van der Waals surface area contributed by atoms with Gasteiger partial charge in [0.2, 0.25) is 0 Å². The van der Waals surface area contributed by atoms with Crippen molar-refractivity contribution in [3.05, 3.63) is 0 Å². The van der Waals surface area contributed by atoms with Crippen LogP contribution in [0.15, 0.2) is 0 Å². The van der Waals surface area contributed by atoms with Gasteiger partial charge < -0.3 is 20.1 Å². The van der Waals surface area contributed by atoms with Gasteiger partial charge in [0.25, 0.3) is 0 Å². The van der Waals surface area contributed by atoms with Crippen molar-refractivity contribution >= 4 is 6.09 Å². The fourth-order valence-corrected chi connectivity index (χ4v) is 1.99. The van der Waals surface area contributed by atoms with Crippen LogP contribution in [0.5, 0.6) is 0 Å². The summed E-state index contributed by atoms with van der Waals surface area (Å²) in [6, 6.07) is 0.201. The molecule has 0 radical (unpaired) electrons. The summed E-state index contributed by atoms with van der Waals surface area (Å²) in [6.45, 7) is 11.1. The number of carbonyl (C=O) groups excluding carboxylic acids is 1. The minimum Gasteiger partial charge on any atom is -0.444 e. The van der Waals surface area contributed by atoms with Crippen LogP contribution in [0.1, 0.15) is 47.5 Å². The summed E-state index contributed by atoms with van der Waals surface area (Å²) >= 11 is 0. The van der Waals surface area contributed by atoms with Gasteiger partial charge in [0.05, 0.1) is 12.2 Å². The third-order valence-corrected chi connectivity index (χ3v) is 2.97. The quantitative estimate of drug-likeness (QED) is 0.804. The molecule has 5 nitrogen and oxygen atoms in total. The number of carbonyl (C=O) groups is 1. The van der Waals surface area contributed by atoms with Crippen molar-refractivity contribution < 1.29 is 14.3 Å². The highest BCUT2D eigenvalue weighted by Gasteiger charge is 2.22. The number of alkyl carbamates (subject to hydrolysis) is 1. The molecule has 112 valence electrons. The Morgan fingerprint density at radius 1 is 1.42 bits per heavy atom. The third kappa shape index (κ3) is 7.38. The van der Waals surface area contributed by atoms with E-state index < -0.39 is 5.60 Å². The van der Waals surface area contributed by atoms with Crippen molar-refractivity contribution in [2.75, 3.05) is 13.1 Å². The maximum absolute atomic E-state index is 11.5. The van der Waals surface area contributed by atoms with E-state index in [1.807, 2.05) is 27.7 Å². The summed E-state index contributed by atoms with van der Waals surface area (Å²) in [7, 11) is 0. The first-order valence-corrected chi connectivity index (χ1v) is 7.12. The molecule has 1 rings (SSSR count). The van der Waals surface area contributed by atoms with E-state index in [-0.39, 0.29) is 12.1 Å². The molecule has 1 fully saturated rings. The molecule has 0 saturated carbocycles. The summed E-state index contributed by atoms with van der Waals surface area (Å²) in [5.74, 6) is 0. The molecule has 19 heavy (non-hydrogen) atoms. The van der Waals surface area contributed by atoms with E-state index in [2.05, 4.69) is 17.6 Å². The maximum Gasteiger partial charge on any atom is 0.407 e. The standard InChI is InChI=1S/C14H28N2O3/c1-10(8-16-13(17)19-14(3,4)5)15-9-12-7-6-11(2)18-12/h10-12,15H,6-9H2,1-5H3,(H,16,17). The molecule has 0 aromatic heterocycles. The van der Waals surface area contributed by atoms with Crippen molar-refractivity contribution in [1.82, 2.24) is 10.6 Å². The van der Waals surface area contributed by atoms with Gasteiger partial charge in [0, 0.05) is 19.1 Å². The Bertz CT molecular complexity index is 289. The van der Waals surface area contributed by atoms with Crippen LogP contribution >= 0.6 is 0 Å². The lowest BCUT2D eigenvalue weighted by molar-refractivity contribution is 0.0506. The second kappa shape index (κ2) is 7.10. The van der Waals surface area contributed by atoms with Gasteiger partial charge in [-0.25, -0.2) is 4.79 Å². The number of rotatable bonds is 5. The zero-order chi connectivity index (χ0) is 14.5. The Hall–Kier alpha value is -0.810. The lowest BCUT2D eigenvalue weighted by atomic mass is 10.2. The van der Waals surface area contributed by atoms with Crippen LogP contribution in [0.3, 0.4) is 0 Å². The molecule has 0 aromatic carbocycles. The summed E-state index contributed by atoms with van der Waals surface area (Å²) < 4.78 is 10.9. The molecule has 0 spiro atoms. The lowest BCUT2D eigenvalue weighted by Gasteiger charge is -2.21. The fourth-order valence-electron chi connectivity index (χ4n) is 1.99. The largest absolute Gasteiger partial charge is 0.444 e. The first kappa shape index (κ1) is 16.2. The topological polar surface area (TPSA) is 59.6 Å². The van der Waals surface area contributed by atoms with E-state index in [1.54, 1.807) is 0 Å². The number of hydrogen-bond donors (Lipinski definition) is 2. The van der Waals surface area contributed by atoms with E-state index >= 15 is 0 Å². The minimum absolute atomic E-state index is 0.201. The van der Waals surface area contributed by atoms with Gasteiger partial charge in [0.1, 0.15) is 5.60 Å². The van der Waals surface area contributed by atoms with Crippen LogP contribution in [0, 0.1) is 0 Å². The number of amides is 1. The van der Waals surface area contributed by atoms with E-state index in [1.165, 1.54) is 0 Å². The average Bonchev–Trinajstić information content (AvgIpc) is 2.67. The van der Waals surface area contributed by atoms with Crippen molar-refractivity contribution in [3.63, 3.8) is 0 Å². The Kier molecular flexibility index (Phi) is 6.07. The number of nitrogens with one attached hydrogen (secondary N) is 2. The van der Waals surface area contributed by atoms with E-state index in [0.29, 0.717) is 18.8 Å². The van der Waals surface area contributed by atoms with Crippen LogP contribution in [-0.2, 0) is 9.47 Å². The van der Waals surface area contributed by atoms with Crippen molar-refractivity contribution in [2.45, 2.75) is 71.3 Å². The van der Waals surface area contributed by atoms with Crippen molar-refractivity contribution in [3.8, 4) is 0 Å². The van der Waals surface area contributed by atoms with E-state index in [4.69, 9.17) is 9.47 Å². The predicted octanol–water partition coefficient (Wildman–Crippen LogP) is 2.06. The molecule has 0 aromatic rings. The molecule has 3 unspecified atom stereocenters. The first-order chi connectivity index (χ1) is 8.76. The minimum atomic E-state index is -0.450. The smallest absolute Gasteiger partial charge is 0.407 e. The molecular formula is C14H28N2O3. The average molecular weight is 272 g/mol. The Balaban J connectivity index is 2.10. The summed E-state index contributed by atoms with van der Waals surface area (Å²) in [5, 5.41) is 6.13. The summed E-state index contributed by atoms with van der Waals surface area (Å²) in [6.07, 6.45) is 2.56. The van der Waals surface area contributed by atoms with Crippen LogP contribution in [0.25, 0.3) is 0 Å². The molecule has 1 aliphatic heterocycles. The van der Waals surface area contributed by atoms with Gasteiger partial charge in [-0.1, -0.05) is 0 Å². The monoisotopic (exact) mass is 272 g/mol. The highest BCUT2D eigenvalue weighted by Crippen LogP contribution is 2.18. The highest BCUT2D eigenvalue weighted by molar-refractivity contribution is 5.67. The highest BCUT2D eigenvalue weighted by atomic mass is 16.6. The van der Waals surface area contributed by atoms with Crippen LogP contribution < -0.4 is 10.6 Å². The van der Waals surface area contributed by atoms with Crippen LogP contribution in [0.2, 0.25) is 0 Å². The Morgan fingerprint density at radius 2 is 2.11 bits per heavy atom. The predicted molar refractivity (Wildman–Crippen MR) is 75.3 cm³/mol. The number of hydrogen-bond acceptors (Lipinski definition) is 4. The molecule has 1 aliphatic rings. The molecule has 2 N–H and O–H groups in total. The first-order valence-electron chi connectivity index (χ1n) is 7.12. The third-order valence-electron chi connectivity index (χ3n) is 2.97. The molecule has 1 saturated heterocycles. The summed E-state index contributed by atoms with van der Waals surface area (Å²) in [5.41, 5.74) is -0.450. The van der Waals surface area contributed by atoms with Gasteiger partial charge >= 0.3 is 6.09 Å².